The van der Waals surface area contributed by atoms with E-state index in [2.05, 4.69) is 15.1 Å². The Balaban J connectivity index is 1.47. The fourth-order valence-electron chi connectivity index (χ4n) is 2.89. The van der Waals surface area contributed by atoms with E-state index in [-0.39, 0.29) is 23.0 Å². The Bertz CT molecular complexity index is 1390. The number of anilines is 1. The number of rotatable bonds is 7. The summed E-state index contributed by atoms with van der Waals surface area (Å²) < 4.78 is 37.5. The molecule has 0 aliphatic heterocycles. The third kappa shape index (κ3) is 5.02. The Hall–Kier alpha value is -3.76. The molecule has 168 valence electrons. The fraction of sp³-hybridized carbons (Fsp3) is 0.0909. The number of carbonyl (C=O) groups excluding carboxylic acids is 1. The van der Waals surface area contributed by atoms with Gasteiger partial charge in [-0.1, -0.05) is 28.9 Å². The summed E-state index contributed by atoms with van der Waals surface area (Å²) in [7, 11) is -2.53. The van der Waals surface area contributed by atoms with Crippen LogP contribution < -0.4 is 4.31 Å². The predicted octanol–water partition coefficient (Wildman–Crippen LogP) is 3.97. The van der Waals surface area contributed by atoms with Gasteiger partial charge in [-0.15, -0.1) is 0 Å². The summed E-state index contributed by atoms with van der Waals surface area (Å²) in [6.07, 6.45) is 3.19. The van der Waals surface area contributed by atoms with Crippen molar-refractivity contribution in [1.82, 2.24) is 15.1 Å². The third-order valence-corrected chi connectivity index (χ3v) is 6.63. The van der Waals surface area contributed by atoms with Crippen LogP contribution in [0.5, 0.6) is 0 Å². The first-order chi connectivity index (χ1) is 15.8. The van der Waals surface area contributed by atoms with Crippen LogP contribution in [-0.2, 0) is 21.4 Å². The van der Waals surface area contributed by atoms with Gasteiger partial charge in [-0.25, -0.2) is 13.2 Å². The number of sulfonamides is 1. The lowest BCUT2D eigenvalue weighted by Gasteiger charge is -2.20. The van der Waals surface area contributed by atoms with E-state index < -0.39 is 16.0 Å². The van der Waals surface area contributed by atoms with Gasteiger partial charge in [0.25, 0.3) is 15.9 Å². The van der Waals surface area contributed by atoms with Crippen LogP contribution >= 0.6 is 11.6 Å². The molecule has 0 atom stereocenters. The van der Waals surface area contributed by atoms with Crippen molar-refractivity contribution in [2.24, 2.45) is 0 Å². The molecule has 0 aliphatic rings. The Kier molecular flexibility index (Phi) is 6.38. The molecule has 0 saturated carbocycles. The van der Waals surface area contributed by atoms with Crippen LogP contribution in [0.25, 0.3) is 11.4 Å². The Morgan fingerprint density at radius 1 is 1.12 bits per heavy atom. The van der Waals surface area contributed by atoms with Gasteiger partial charge >= 0.3 is 5.97 Å². The molecule has 2 aromatic carbocycles. The minimum Gasteiger partial charge on any atom is -0.452 e. The van der Waals surface area contributed by atoms with Crippen LogP contribution in [0, 0.1) is 0 Å². The largest absolute Gasteiger partial charge is 0.452 e. The normalized spacial score (nSPS) is 11.2. The van der Waals surface area contributed by atoms with Crippen molar-refractivity contribution in [3.8, 4) is 11.4 Å². The maximum absolute atomic E-state index is 13.0. The smallest absolute Gasteiger partial charge is 0.338 e. The van der Waals surface area contributed by atoms with Gasteiger partial charge in [0.05, 0.1) is 16.1 Å². The molecule has 0 N–H and O–H groups in total. The van der Waals surface area contributed by atoms with Crippen LogP contribution in [0.15, 0.2) is 82.5 Å². The van der Waals surface area contributed by atoms with E-state index in [9.17, 15) is 13.2 Å². The number of aromatic nitrogens is 3. The van der Waals surface area contributed by atoms with Gasteiger partial charge in [-0.2, -0.15) is 4.98 Å². The SMILES string of the molecule is CN(c1cccc(Cl)c1)S(=O)(=O)c1cccc(C(=O)OCc2nc(-c3cccnc3)no2)c1. The van der Waals surface area contributed by atoms with E-state index in [1.54, 1.807) is 42.7 Å². The van der Waals surface area contributed by atoms with E-state index in [1.165, 1.54) is 37.4 Å². The zero-order valence-electron chi connectivity index (χ0n) is 17.3. The second-order valence-electron chi connectivity index (χ2n) is 6.81. The van der Waals surface area contributed by atoms with Gasteiger partial charge in [0.15, 0.2) is 6.61 Å². The molecular weight excluding hydrogens is 468 g/mol. The van der Waals surface area contributed by atoms with Crippen molar-refractivity contribution in [2.45, 2.75) is 11.5 Å². The summed E-state index contributed by atoms with van der Waals surface area (Å²) in [5.41, 5.74) is 1.10. The average Bonchev–Trinajstić information content (AvgIpc) is 3.32. The lowest BCUT2D eigenvalue weighted by atomic mass is 10.2. The van der Waals surface area contributed by atoms with Crippen molar-refractivity contribution >= 4 is 33.3 Å². The van der Waals surface area contributed by atoms with Crippen molar-refractivity contribution < 1.29 is 22.5 Å². The number of halogens is 1. The van der Waals surface area contributed by atoms with Crippen LogP contribution in [-0.4, -0.2) is 36.6 Å². The molecule has 33 heavy (non-hydrogen) atoms. The zero-order chi connectivity index (χ0) is 23.4. The first-order valence-corrected chi connectivity index (χ1v) is 11.4. The average molecular weight is 485 g/mol. The lowest BCUT2D eigenvalue weighted by molar-refractivity contribution is 0.0429. The maximum Gasteiger partial charge on any atom is 0.338 e. The number of esters is 1. The molecule has 2 aromatic heterocycles. The topological polar surface area (TPSA) is 115 Å². The van der Waals surface area contributed by atoms with E-state index >= 15 is 0 Å². The monoisotopic (exact) mass is 484 g/mol. The highest BCUT2D eigenvalue weighted by atomic mass is 35.5. The third-order valence-electron chi connectivity index (χ3n) is 4.61. The molecule has 2 heterocycles. The molecular formula is C22H17ClN4O5S. The summed E-state index contributed by atoms with van der Waals surface area (Å²) in [6.45, 7) is -0.272. The summed E-state index contributed by atoms with van der Waals surface area (Å²) in [6, 6.07) is 15.5. The second kappa shape index (κ2) is 9.39. The van der Waals surface area contributed by atoms with Crippen LogP contribution in [0.4, 0.5) is 5.69 Å². The molecule has 0 saturated heterocycles. The van der Waals surface area contributed by atoms with Gasteiger partial charge in [0.1, 0.15) is 0 Å². The zero-order valence-corrected chi connectivity index (χ0v) is 18.8. The summed E-state index contributed by atoms with van der Waals surface area (Å²) in [4.78, 5) is 20.6. The first kappa shape index (κ1) is 22.4. The molecule has 9 nitrogen and oxygen atoms in total. The Morgan fingerprint density at radius 2 is 1.94 bits per heavy atom. The lowest BCUT2D eigenvalue weighted by Crippen LogP contribution is -2.26. The van der Waals surface area contributed by atoms with Gasteiger partial charge in [0, 0.05) is 30.0 Å². The van der Waals surface area contributed by atoms with E-state index in [0.717, 1.165) is 4.31 Å². The number of carbonyl (C=O) groups is 1. The highest BCUT2D eigenvalue weighted by Gasteiger charge is 2.23. The molecule has 0 aliphatic carbocycles. The fourth-order valence-corrected chi connectivity index (χ4v) is 4.31. The molecule has 0 fully saturated rings. The molecule has 0 unspecified atom stereocenters. The maximum atomic E-state index is 13.0. The summed E-state index contributed by atoms with van der Waals surface area (Å²) >= 11 is 5.97. The van der Waals surface area contributed by atoms with Gasteiger partial charge in [-0.3, -0.25) is 9.29 Å². The van der Waals surface area contributed by atoms with Gasteiger partial charge in [-0.05, 0) is 48.5 Å². The quantitative estimate of drug-likeness (QED) is 0.362. The van der Waals surface area contributed by atoms with Crippen molar-refractivity contribution in [3.05, 3.63) is 89.5 Å². The highest BCUT2D eigenvalue weighted by molar-refractivity contribution is 7.92. The number of hydrogen-bond donors (Lipinski definition) is 0. The predicted molar refractivity (Wildman–Crippen MR) is 120 cm³/mol. The first-order valence-electron chi connectivity index (χ1n) is 9.59. The molecule has 0 amide bonds. The Morgan fingerprint density at radius 3 is 2.70 bits per heavy atom. The second-order valence-corrected chi connectivity index (χ2v) is 9.22. The molecule has 0 radical (unpaired) electrons. The minimum atomic E-state index is -3.94. The van der Waals surface area contributed by atoms with E-state index in [4.69, 9.17) is 20.9 Å². The van der Waals surface area contributed by atoms with Gasteiger partial charge in [0.2, 0.25) is 5.82 Å². The number of ether oxygens (including phenoxy) is 1. The van der Waals surface area contributed by atoms with Crippen LogP contribution in [0.1, 0.15) is 16.2 Å². The van der Waals surface area contributed by atoms with Gasteiger partial charge < -0.3 is 9.26 Å². The molecule has 4 aromatic rings. The number of benzene rings is 2. The highest BCUT2D eigenvalue weighted by Crippen LogP contribution is 2.25. The van der Waals surface area contributed by atoms with Crippen molar-refractivity contribution in [2.75, 3.05) is 11.4 Å². The molecule has 4 rings (SSSR count). The minimum absolute atomic E-state index is 0.0579. The van der Waals surface area contributed by atoms with E-state index in [0.29, 0.717) is 22.1 Å². The van der Waals surface area contributed by atoms with E-state index in [1.807, 2.05) is 0 Å². The Labute approximate surface area is 194 Å². The molecule has 0 spiro atoms. The standard InChI is InChI=1S/C22H17ClN4O5S/c1-27(18-8-3-7-17(23)12-18)33(29,30)19-9-2-5-15(11-19)22(28)31-14-20-25-21(26-32-20)16-6-4-10-24-13-16/h2-13H,14H2,1H3. The summed E-state index contributed by atoms with van der Waals surface area (Å²) in [5.74, 6) is -0.337. The number of nitrogens with zero attached hydrogens (tertiary/aromatic N) is 4. The van der Waals surface area contributed by atoms with Crippen molar-refractivity contribution in [3.63, 3.8) is 0 Å². The van der Waals surface area contributed by atoms with Crippen molar-refractivity contribution in [1.29, 1.82) is 0 Å². The molecule has 0 bridgehead atoms. The van der Waals surface area contributed by atoms with Crippen LogP contribution in [0.3, 0.4) is 0 Å². The number of hydrogen-bond acceptors (Lipinski definition) is 8. The van der Waals surface area contributed by atoms with Crippen LogP contribution in [0.2, 0.25) is 5.02 Å². The number of pyridine rings is 1. The summed E-state index contributed by atoms with van der Waals surface area (Å²) in [5, 5.41) is 4.23. The molecule has 11 heteroatoms.